The molecule has 0 fully saturated rings. The lowest BCUT2D eigenvalue weighted by Crippen LogP contribution is -2.56. The summed E-state index contributed by atoms with van der Waals surface area (Å²) in [4.78, 5) is 0. The van der Waals surface area contributed by atoms with Gasteiger partial charge in [0, 0.05) is 5.75 Å². The van der Waals surface area contributed by atoms with Gasteiger partial charge in [0.05, 0.1) is 36.3 Å². The van der Waals surface area contributed by atoms with Crippen LogP contribution in [0.2, 0.25) is 0 Å². The maximum absolute atomic E-state index is 9.68. The number of nitrogens with zero attached hydrogens (tertiary/aromatic N) is 1. The molecule has 0 N–H and O–H groups in total. The molecule has 0 aliphatic heterocycles. The summed E-state index contributed by atoms with van der Waals surface area (Å²) in [5, 5.41) is 0. The van der Waals surface area contributed by atoms with E-state index in [0.29, 0.717) is 12.0 Å². The van der Waals surface area contributed by atoms with Gasteiger partial charge in [0.15, 0.2) is 0 Å². The molecule has 0 aliphatic rings. The van der Waals surface area contributed by atoms with Gasteiger partial charge >= 0.3 is 0 Å². The lowest BCUT2D eigenvalue weighted by Gasteiger charge is -2.44. The van der Waals surface area contributed by atoms with E-state index < -0.39 is 10.1 Å². The Labute approximate surface area is 196 Å². The molecular formula is C26H57NO3S. The Kier molecular flexibility index (Phi) is 20.6. The number of hydrogen-bond donors (Lipinski definition) is 0. The quantitative estimate of drug-likeness (QED) is 0.112. The van der Waals surface area contributed by atoms with Crippen molar-refractivity contribution in [1.29, 1.82) is 0 Å². The SMILES string of the molecule is CCCCCCCCCCCCCCCC[N+](C)(C)C(C)(C)CC.CCCS(=O)(=O)[O-]. The fourth-order valence-electron chi connectivity index (χ4n) is 3.68. The topological polar surface area (TPSA) is 57.2 Å². The molecule has 4 nitrogen and oxygen atoms in total. The van der Waals surface area contributed by atoms with Gasteiger partial charge in [-0.2, -0.15) is 0 Å². The van der Waals surface area contributed by atoms with Gasteiger partial charge in [-0.05, 0) is 39.5 Å². The summed E-state index contributed by atoms with van der Waals surface area (Å²) in [5.41, 5.74) is 0.413. The number of quaternary nitrogens is 1. The lowest BCUT2D eigenvalue weighted by molar-refractivity contribution is -0.938. The zero-order valence-corrected chi connectivity index (χ0v) is 23.1. The number of rotatable bonds is 19. The van der Waals surface area contributed by atoms with Gasteiger partial charge in [-0.15, -0.1) is 0 Å². The third kappa shape index (κ3) is 21.5. The molecule has 0 rings (SSSR count). The van der Waals surface area contributed by atoms with Gasteiger partial charge in [-0.3, -0.25) is 0 Å². The predicted octanol–water partition coefficient (Wildman–Crippen LogP) is 7.67. The van der Waals surface area contributed by atoms with Crippen molar-refractivity contribution in [2.75, 3.05) is 26.4 Å². The summed E-state index contributed by atoms with van der Waals surface area (Å²) in [6.07, 6.45) is 22.0. The summed E-state index contributed by atoms with van der Waals surface area (Å²) in [6.45, 7) is 12.4. The van der Waals surface area contributed by atoms with Crippen molar-refractivity contribution >= 4 is 10.1 Å². The Morgan fingerprint density at radius 2 is 1.00 bits per heavy atom. The molecule has 0 aromatic rings. The summed E-state index contributed by atoms with van der Waals surface area (Å²) < 4.78 is 30.2. The molecule has 0 aromatic heterocycles. The van der Waals surface area contributed by atoms with Crippen LogP contribution < -0.4 is 0 Å². The van der Waals surface area contributed by atoms with Crippen molar-refractivity contribution in [3.8, 4) is 0 Å². The highest BCUT2D eigenvalue weighted by molar-refractivity contribution is 7.85. The van der Waals surface area contributed by atoms with Crippen LogP contribution in [0.3, 0.4) is 0 Å². The normalized spacial score (nSPS) is 12.5. The maximum Gasteiger partial charge on any atom is 0.0945 e. The van der Waals surface area contributed by atoms with Gasteiger partial charge in [-0.1, -0.05) is 97.8 Å². The first-order valence-corrected chi connectivity index (χ1v) is 14.8. The highest BCUT2D eigenvalue weighted by Crippen LogP contribution is 2.24. The average Bonchev–Trinajstić information content (AvgIpc) is 2.67. The lowest BCUT2D eigenvalue weighted by atomic mass is 9.96. The second kappa shape index (κ2) is 19.3. The maximum atomic E-state index is 9.68. The smallest absolute Gasteiger partial charge is 0.0945 e. The first-order valence-electron chi connectivity index (χ1n) is 13.2. The van der Waals surface area contributed by atoms with Gasteiger partial charge in [0.2, 0.25) is 0 Å². The van der Waals surface area contributed by atoms with E-state index in [1.807, 2.05) is 0 Å². The third-order valence-electron chi connectivity index (χ3n) is 7.03. The van der Waals surface area contributed by atoms with Crippen LogP contribution in [0.1, 0.15) is 137 Å². The molecular weight excluding hydrogens is 406 g/mol. The van der Waals surface area contributed by atoms with E-state index in [0.717, 1.165) is 0 Å². The monoisotopic (exact) mass is 463 g/mol. The Hall–Kier alpha value is -0.130. The highest BCUT2D eigenvalue weighted by atomic mass is 32.2. The Morgan fingerprint density at radius 1 is 0.645 bits per heavy atom. The molecule has 0 saturated carbocycles. The minimum absolute atomic E-state index is 0.243. The van der Waals surface area contributed by atoms with Gasteiger partial charge < -0.3 is 9.04 Å². The molecule has 0 amide bonds. The number of unbranched alkanes of at least 4 members (excludes halogenated alkanes) is 13. The van der Waals surface area contributed by atoms with Crippen molar-refractivity contribution in [2.45, 2.75) is 143 Å². The summed E-state index contributed by atoms with van der Waals surface area (Å²) >= 11 is 0. The fraction of sp³-hybridized carbons (Fsp3) is 1.00. The van der Waals surface area contributed by atoms with E-state index in [9.17, 15) is 13.0 Å². The van der Waals surface area contributed by atoms with E-state index in [-0.39, 0.29) is 5.75 Å². The minimum atomic E-state index is -3.92. The average molecular weight is 464 g/mol. The summed E-state index contributed by atoms with van der Waals surface area (Å²) in [5.74, 6) is -0.243. The Morgan fingerprint density at radius 3 is 1.26 bits per heavy atom. The van der Waals surface area contributed by atoms with Crippen LogP contribution in [0.4, 0.5) is 0 Å². The van der Waals surface area contributed by atoms with Crippen LogP contribution in [0, 0.1) is 0 Å². The molecule has 0 bridgehead atoms. The first-order chi connectivity index (χ1) is 14.4. The molecule has 5 heteroatoms. The van der Waals surface area contributed by atoms with Crippen molar-refractivity contribution < 1.29 is 17.5 Å². The van der Waals surface area contributed by atoms with Crippen LogP contribution in [-0.2, 0) is 10.1 Å². The molecule has 190 valence electrons. The highest BCUT2D eigenvalue weighted by Gasteiger charge is 2.33. The first kappa shape index (κ1) is 33.0. The van der Waals surface area contributed by atoms with Crippen LogP contribution in [0.5, 0.6) is 0 Å². The standard InChI is InChI=1S/C23H50N.C3H8O3S/c1-7-9-10-11-12-13-14-15-16-17-18-19-20-21-22-24(5,6)23(3,4)8-2;1-2-3-7(4,5)6/h7-22H2,1-6H3;2-3H2,1H3,(H,4,5,6)/q+1;/p-1. The Balaban J connectivity index is 0. The molecule has 0 radical (unpaired) electrons. The van der Waals surface area contributed by atoms with Crippen LogP contribution in [0.15, 0.2) is 0 Å². The van der Waals surface area contributed by atoms with Gasteiger partial charge in [0.25, 0.3) is 0 Å². The summed E-state index contributed by atoms with van der Waals surface area (Å²) in [6, 6.07) is 0. The van der Waals surface area contributed by atoms with E-state index >= 15 is 0 Å². The molecule has 31 heavy (non-hydrogen) atoms. The van der Waals surface area contributed by atoms with Crippen LogP contribution >= 0.6 is 0 Å². The second-order valence-corrected chi connectivity index (χ2v) is 12.0. The molecule has 0 spiro atoms. The van der Waals surface area contributed by atoms with E-state index in [2.05, 4.69) is 41.8 Å². The van der Waals surface area contributed by atoms with Crippen LogP contribution in [0.25, 0.3) is 0 Å². The molecule has 0 unspecified atom stereocenters. The molecule has 0 saturated heterocycles. The summed E-state index contributed by atoms with van der Waals surface area (Å²) in [7, 11) is 0.893. The molecule has 0 aromatic carbocycles. The van der Waals surface area contributed by atoms with Crippen molar-refractivity contribution in [3.63, 3.8) is 0 Å². The van der Waals surface area contributed by atoms with Gasteiger partial charge in [0.1, 0.15) is 0 Å². The zero-order chi connectivity index (χ0) is 24.2. The van der Waals surface area contributed by atoms with E-state index in [4.69, 9.17) is 0 Å². The molecule has 0 aliphatic carbocycles. The van der Waals surface area contributed by atoms with Crippen molar-refractivity contribution in [3.05, 3.63) is 0 Å². The predicted molar refractivity (Wildman–Crippen MR) is 137 cm³/mol. The largest absolute Gasteiger partial charge is 0.748 e. The van der Waals surface area contributed by atoms with Crippen LogP contribution in [-0.4, -0.2) is 49.4 Å². The van der Waals surface area contributed by atoms with Crippen molar-refractivity contribution in [2.24, 2.45) is 0 Å². The number of hydrogen-bond acceptors (Lipinski definition) is 3. The van der Waals surface area contributed by atoms with Crippen molar-refractivity contribution in [1.82, 2.24) is 0 Å². The fourth-order valence-corrected chi connectivity index (χ4v) is 4.18. The van der Waals surface area contributed by atoms with Gasteiger partial charge in [-0.25, -0.2) is 8.42 Å². The zero-order valence-electron chi connectivity index (χ0n) is 22.3. The van der Waals surface area contributed by atoms with E-state index in [1.54, 1.807) is 6.92 Å². The third-order valence-corrected chi connectivity index (χ3v) is 7.94. The molecule has 0 atom stereocenters. The van der Waals surface area contributed by atoms with E-state index in [1.165, 1.54) is 107 Å². The molecule has 0 heterocycles. The minimum Gasteiger partial charge on any atom is -0.748 e. The second-order valence-electron chi connectivity index (χ2n) is 10.4. The Bertz CT molecular complexity index is 487.